The molecule has 0 amide bonds. The van der Waals surface area contributed by atoms with Crippen LogP contribution in [-0.2, 0) is 4.74 Å². The van der Waals surface area contributed by atoms with Crippen LogP contribution in [0, 0.1) is 6.92 Å². The Labute approximate surface area is 121 Å². The monoisotopic (exact) mass is 285 g/mol. The smallest absolute Gasteiger partial charge is 0.123 e. The van der Waals surface area contributed by atoms with Crippen molar-refractivity contribution in [3.05, 3.63) is 28.8 Å². The van der Waals surface area contributed by atoms with Crippen LogP contribution in [0.2, 0.25) is 5.02 Å². The summed E-state index contributed by atoms with van der Waals surface area (Å²) in [7, 11) is 0. The minimum absolute atomic E-state index is 0.635. The average molecular weight is 286 g/mol. The normalized spacial score (nSPS) is 10.7. The van der Waals surface area contributed by atoms with Gasteiger partial charge in [-0.2, -0.15) is 0 Å². The first kappa shape index (κ1) is 16.3. The zero-order valence-electron chi connectivity index (χ0n) is 11.9. The van der Waals surface area contributed by atoms with Gasteiger partial charge in [0.2, 0.25) is 0 Å². The topological polar surface area (TPSA) is 30.5 Å². The summed E-state index contributed by atoms with van der Waals surface area (Å²) in [5.74, 6) is 0.855. The Balaban J connectivity index is 2.03. The minimum atomic E-state index is 0.635. The van der Waals surface area contributed by atoms with E-state index in [0.717, 1.165) is 44.0 Å². The van der Waals surface area contributed by atoms with Crippen LogP contribution in [-0.4, -0.2) is 32.9 Å². The van der Waals surface area contributed by atoms with Crippen LogP contribution in [0.1, 0.15) is 25.3 Å². The quantitative estimate of drug-likeness (QED) is 0.668. The highest BCUT2D eigenvalue weighted by Gasteiger charge is 2.00. The summed E-state index contributed by atoms with van der Waals surface area (Å²) in [5.41, 5.74) is 1.10. The molecule has 0 aliphatic carbocycles. The van der Waals surface area contributed by atoms with Crippen molar-refractivity contribution in [3.63, 3.8) is 0 Å². The molecule has 0 saturated heterocycles. The number of hydrogen-bond acceptors (Lipinski definition) is 3. The molecule has 4 heteroatoms. The summed E-state index contributed by atoms with van der Waals surface area (Å²) in [4.78, 5) is 0. The molecule has 0 aliphatic heterocycles. The van der Waals surface area contributed by atoms with Gasteiger partial charge in [-0.1, -0.05) is 31.0 Å². The molecule has 19 heavy (non-hydrogen) atoms. The molecular formula is C15H24ClNO2. The van der Waals surface area contributed by atoms with Crippen LogP contribution >= 0.6 is 11.6 Å². The first-order valence-electron chi connectivity index (χ1n) is 6.91. The van der Waals surface area contributed by atoms with Gasteiger partial charge in [-0.3, -0.25) is 0 Å². The maximum Gasteiger partial charge on any atom is 0.123 e. The van der Waals surface area contributed by atoms with Crippen molar-refractivity contribution < 1.29 is 9.47 Å². The van der Waals surface area contributed by atoms with Crippen LogP contribution in [0.4, 0.5) is 0 Å². The third-order valence-electron chi connectivity index (χ3n) is 2.75. The number of ether oxygens (including phenoxy) is 2. The van der Waals surface area contributed by atoms with E-state index in [0.29, 0.717) is 11.6 Å². The van der Waals surface area contributed by atoms with Crippen LogP contribution < -0.4 is 10.1 Å². The summed E-state index contributed by atoms with van der Waals surface area (Å²) < 4.78 is 11.1. The van der Waals surface area contributed by atoms with Gasteiger partial charge in [0.1, 0.15) is 12.4 Å². The fraction of sp³-hybridized carbons (Fsp3) is 0.600. The Kier molecular flexibility index (Phi) is 8.63. The van der Waals surface area contributed by atoms with Gasteiger partial charge in [0, 0.05) is 24.7 Å². The van der Waals surface area contributed by atoms with E-state index >= 15 is 0 Å². The van der Waals surface area contributed by atoms with Crippen molar-refractivity contribution in [1.29, 1.82) is 0 Å². The highest BCUT2D eigenvalue weighted by atomic mass is 35.5. The van der Waals surface area contributed by atoms with Crippen molar-refractivity contribution >= 4 is 11.6 Å². The molecule has 0 radical (unpaired) electrons. The number of nitrogens with one attached hydrogen (secondary N) is 1. The molecule has 0 unspecified atom stereocenters. The maximum atomic E-state index is 5.93. The summed E-state index contributed by atoms with van der Waals surface area (Å²) in [6, 6.07) is 5.69. The minimum Gasteiger partial charge on any atom is -0.492 e. The molecule has 0 aromatic heterocycles. The average Bonchev–Trinajstić information content (AvgIpc) is 2.40. The largest absolute Gasteiger partial charge is 0.492 e. The van der Waals surface area contributed by atoms with Gasteiger partial charge in [-0.25, -0.2) is 0 Å². The molecule has 0 spiro atoms. The molecule has 1 aromatic carbocycles. The van der Waals surface area contributed by atoms with E-state index in [-0.39, 0.29) is 0 Å². The van der Waals surface area contributed by atoms with E-state index in [2.05, 4.69) is 12.2 Å². The Bertz CT molecular complexity index is 358. The Morgan fingerprint density at radius 3 is 2.74 bits per heavy atom. The second-order valence-corrected chi connectivity index (χ2v) is 4.91. The number of halogens is 1. The van der Waals surface area contributed by atoms with E-state index in [1.165, 1.54) is 6.42 Å². The molecule has 0 atom stereocenters. The molecule has 0 aliphatic rings. The van der Waals surface area contributed by atoms with Gasteiger partial charge < -0.3 is 14.8 Å². The standard InChI is InChI=1S/C15H24ClNO2/c1-3-4-9-18-10-7-17-8-11-19-15-12-14(16)6-5-13(15)2/h5-6,12,17H,3-4,7-11H2,1-2H3. The van der Waals surface area contributed by atoms with Gasteiger partial charge in [0.15, 0.2) is 0 Å². The van der Waals surface area contributed by atoms with Gasteiger partial charge in [-0.05, 0) is 31.0 Å². The van der Waals surface area contributed by atoms with Crippen molar-refractivity contribution in [1.82, 2.24) is 5.32 Å². The summed E-state index contributed by atoms with van der Waals surface area (Å²) >= 11 is 5.93. The SMILES string of the molecule is CCCCOCCNCCOc1cc(Cl)ccc1C. The second kappa shape index (κ2) is 10.1. The van der Waals surface area contributed by atoms with Gasteiger partial charge in [0.05, 0.1) is 6.61 Å². The lowest BCUT2D eigenvalue weighted by Gasteiger charge is -2.10. The Morgan fingerprint density at radius 2 is 1.95 bits per heavy atom. The predicted octanol–water partition coefficient (Wildman–Crippen LogP) is 3.43. The Morgan fingerprint density at radius 1 is 1.16 bits per heavy atom. The molecular weight excluding hydrogens is 262 g/mol. The van der Waals surface area contributed by atoms with E-state index in [4.69, 9.17) is 21.1 Å². The third-order valence-corrected chi connectivity index (χ3v) is 2.99. The number of hydrogen-bond donors (Lipinski definition) is 1. The van der Waals surface area contributed by atoms with Crippen molar-refractivity contribution in [2.45, 2.75) is 26.7 Å². The molecule has 1 aromatic rings. The predicted molar refractivity (Wildman–Crippen MR) is 80.3 cm³/mol. The van der Waals surface area contributed by atoms with Crippen LogP contribution in [0.15, 0.2) is 18.2 Å². The van der Waals surface area contributed by atoms with Crippen LogP contribution in [0.5, 0.6) is 5.75 Å². The number of benzene rings is 1. The highest BCUT2D eigenvalue weighted by molar-refractivity contribution is 6.30. The van der Waals surface area contributed by atoms with E-state index < -0.39 is 0 Å². The second-order valence-electron chi connectivity index (χ2n) is 4.47. The lowest BCUT2D eigenvalue weighted by Crippen LogP contribution is -2.25. The first-order chi connectivity index (χ1) is 9.24. The third kappa shape index (κ3) is 7.41. The first-order valence-corrected chi connectivity index (χ1v) is 7.29. The fourth-order valence-electron chi connectivity index (χ4n) is 1.58. The van der Waals surface area contributed by atoms with Crippen LogP contribution in [0.25, 0.3) is 0 Å². The summed E-state index contributed by atoms with van der Waals surface area (Å²) in [5, 5.41) is 3.99. The summed E-state index contributed by atoms with van der Waals surface area (Å²) in [6.45, 7) is 8.10. The molecule has 108 valence electrons. The molecule has 0 saturated carbocycles. The fourth-order valence-corrected chi connectivity index (χ4v) is 1.74. The number of unbranched alkanes of at least 4 members (excludes halogenated alkanes) is 1. The zero-order chi connectivity index (χ0) is 13.9. The molecule has 3 nitrogen and oxygen atoms in total. The molecule has 1 rings (SSSR count). The Hall–Kier alpha value is -0.770. The highest BCUT2D eigenvalue weighted by Crippen LogP contribution is 2.22. The molecule has 1 N–H and O–H groups in total. The van der Waals surface area contributed by atoms with Crippen molar-refractivity contribution in [2.75, 3.05) is 32.9 Å². The van der Waals surface area contributed by atoms with E-state index in [1.54, 1.807) is 0 Å². The molecule has 0 heterocycles. The zero-order valence-corrected chi connectivity index (χ0v) is 12.6. The van der Waals surface area contributed by atoms with Gasteiger partial charge in [-0.15, -0.1) is 0 Å². The van der Waals surface area contributed by atoms with Gasteiger partial charge in [0.25, 0.3) is 0 Å². The van der Waals surface area contributed by atoms with Crippen molar-refractivity contribution in [2.24, 2.45) is 0 Å². The van der Waals surface area contributed by atoms with E-state index in [9.17, 15) is 0 Å². The molecule has 0 bridgehead atoms. The summed E-state index contributed by atoms with van der Waals surface area (Å²) in [6.07, 6.45) is 2.32. The van der Waals surface area contributed by atoms with E-state index in [1.807, 2.05) is 25.1 Å². The molecule has 0 fully saturated rings. The number of aryl methyl sites for hydroxylation is 1. The maximum absolute atomic E-state index is 5.93. The number of rotatable bonds is 10. The van der Waals surface area contributed by atoms with Crippen LogP contribution in [0.3, 0.4) is 0 Å². The lowest BCUT2D eigenvalue weighted by atomic mass is 10.2. The van der Waals surface area contributed by atoms with Gasteiger partial charge >= 0.3 is 0 Å². The lowest BCUT2D eigenvalue weighted by molar-refractivity contribution is 0.132. The van der Waals surface area contributed by atoms with Crippen molar-refractivity contribution in [3.8, 4) is 5.75 Å².